The van der Waals surface area contributed by atoms with E-state index in [0.29, 0.717) is 40.1 Å². The number of hydrogen-bond acceptors (Lipinski definition) is 6. The number of halogens is 2. The van der Waals surface area contributed by atoms with Crippen molar-refractivity contribution in [3.63, 3.8) is 0 Å². The Morgan fingerprint density at radius 2 is 1.89 bits per heavy atom. The number of carbonyl (C=O) groups excluding carboxylic acids is 1. The fourth-order valence-corrected chi connectivity index (χ4v) is 5.48. The van der Waals surface area contributed by atoms with E-state index in [1.165, 1.54) is 5.56 Å². The minimum atomic E-state index is -0.426. The van der Waals surface area contributed by atoms with E-state index in [2.05, 4.69) is 11.0 Å². The Balaban J connectivity index is 1.31. The second-order valence-corrected chi connectivity index (χ2v) is 11.4. The van der Waals surface area contributed by atoms with Crippen LogP contribution in [0.2, 0.25) is 10.0 Å². The molecular weight excluding hydrogens is 501 g/mol. The van der Waals surface area contributed by atoms with Crippen LogP contribution in [-0.2, 0) is 21.6 Å². The van der Waals surface area contributed by atoms with Crippen LogP contribution in [-0.4, -0.2) is 49.8 Å². The molecule has 2 aliphatic rings. The van der Waals surface area contributed by atoms with E-state index in [1.54, 1.807) is 19.2 Å². The van der Waals surface area contributed by atoms with Crippen molar-refractivity contribution in [2.24, 2.45) is 0 Å². The summed E-state index contributed by atoms with van der Waals surface area (Å²) < 4.78 is 22.8. The van der Waals surface area contributed by atoms with Gasteiger partial charge in [0.25, 0.3) is 0 Å². The number of nitrogens with zero attached hydrogens (tertiary/aromatic N) is 1. The lowest BCUT2D eigenvalue weighted by Crippen LogP contribution is -2.44. The van der Waals surface area contributed by atoms with Crippen molar-refractivity contribution >= 4 is 29.2 Å². The van der Waals surface area contributed by atoms with Crippen molar-refractivity contribution < 1.29 is 23.7 Å². The maximum atomic E-state index is 12.0. The molecule has 4 rings (SSSR count). The van der Waals surface area contributed by atoms with E-state index in [9.17, 15) is 4.79 Å². The third-order valence-corrected chi connectivity index (χ3v) is 7.64. The number of methoxy groups -OCH3 is 1. The maximum absolute atomic E-state index is 12.0. The van der Waals surface area contributed by atoms with E-state index in [1.807, 2.05) is 32.9 Å². The van der Waals surface area contributed by atoms with E-state index < -0.39 is 5.60 Å². The van der Waals surface area contributed by atoms with Gasteiger partial charge in [0.15, 0.2) is 0 Å². The molecule has 0 amide bonds. The molecule has 0 saturated carbocycles. The van der Waals surface area contributed by atoms with Crippen molar-refractivity contribution in [2.75, 3.05) is 33.4 Å². The first-order valence-corrected chi connectivity index (χ1v) is 13.2. The lowest BCUT2D eigenvalue weighted by Gasteiger charge is -2.38. The second kappa shape index (κ2) is 11.1. The Bertz CT molecular complexity index is 1090. The van der Waals surface area contributed by atoms with Gasteiger partial charge in [-0.15, -0.1) is 0 Å². The molecule has 196 valence electrons. The van der Waals surface area contributed by atoms with E-state index in [-0.39, 0.29) is 18.0 Å². The Morgan fingerprint density at radius 1 is 1.14 bits per heavy atom. The summed E-state index contributed by atoms with van der Waals surface area (Å²) in [5, 5.41) is 0.995. The Labute approximate surface area is 223 Å². The molecule has 8 heteroatoms. The summed E-state index contributed by atoms with van der Waals surface area (Å²) >= 11 is 12.7. The van der Waals surface area contributed by atoms with Crippen LogP contribution in [0.4, 0.5) is 0 Å². The van der Waals surface area contributed by atoms with Crippen molar-refractivity contribution in [1.82, 2.24) is 4.90 Å². The summed E-state index contributed by atoms with van der Waals surface area (Å²) in [5.41, 5.74) is 1.55. The number of likely N-dealkylation sites (tertiary alicyclic amines) is 1. The van der Waals surface area contributed by atoms with Crippen LogP contribution in [0.5, 0.6) is 17.2 Å². The highest BCUT2D eigenvalue weighted by molar-refractivity contribution is 6.36. The van der Waals surface area contributed by atoms with Gasteiger partial charge in [-0.1, -0.05) is 29.3 Å². The average Bonchev–Trinajstić information content (AvgIpc) is 3.16. The van der Waals surface area contributed by atoms with E-state index >= 15 is 0 Å². The quantitative estimate of drug-likeness (QED) is 0.363. The number of fused-ring (bicyclic) bond motifs is 2. The van der Waals surface area contributed by atoms with Gasteiger partial charge in [-0.2, -0.15) is 0 Å². The zero-order valence-corrected chi connectivity index (χ0v) is 23.0. The van der Waals surface area contributed by atoms with Crippen molar-refractivity contribution in [3.05, 3.63) is 51.5 Å². The van der Waals surface area contributed by atoms with Crippen molar-refractivity contribution in [2.45, 2.75) is 64.1 Å². The molecule has 0 aromatic heterocycles. The molecular formula is C28H35Cl2NO5. The summed E-state index contributed by atoms with van der Waals surface area (Å²) in [6.07, 6.45) is 3.33. The fraction of sp³-hybridized carbons (Fsp3) is 0.536. The molecule has 0 unspecified atom stereocenters. The summed E-state index contributed by atoms with van der Waals surface area (Å²) in [7, 11) is 1.57. The minimum absolute atomic E-state index is 0.0366. The van der Waals surface area contributed by atoms with Crippen molar-refractivity contribution in [1.29, 1.82) is 0 Å². The van der Waals surface area contributed by atoms with Crippen LogP contribution < -0.4 is 14.2 Å². The number of carbonyl (C=O) groups is 1. The zero-order valence-electron chi connectivity index (χ0n) is 21.5. The molecule has 0 radical (unpaired) electrons. The standard InChI is InChI=1S/C28H35Cl2NO5/c1-27(2,3)36-25(32)6-5-13-31-14-11-28(12-15-31)18-35-24-16-19(7-8-21(24)28)34-17-20-22(29)9-10-23(33-4)26(20)30/h7-10,16H,5-6,11-15,17-18H2,1-4H3. The third-order valence-electron chi connectivity index (χ3n) is 6.87. The molecule has 1 saturated heterocycles. The number of esters is 1. The molecule has 0 aliphatic carbocycles. The molecule has 36 heavy (non-hydrogen) atoms. The molecule has 0 bridgehead atoms. The minimum Gasteiger partial charge on any atom is -0.495 e. The molecule has 2 heterocycles. The number of piperidine rings is 1. The van der Waals surface area contributed by atoms with Crippen LogP contribution in [0.3, 0.4) is 0 Å². The maximum Gasteiger partial charge on any atom is 0.306 e. The fourth-order valence-electron chi connectivity index (χ4n) is 4.92. The molecule has 2 aromatic rings. The highest BCUT2D eigenvalue weighted by Crippen LogP contribution is 2.47. The Hall–Kier alpha value is -2.15. The predicted octanol–water partition coefficient (Wildman–Crippen LogP) is 6.43. The lowest BCUT2D eigenvalue weighted by molar-refractivity contribution is -0.155. The largest absolute Gasteiger partial charge is 0.495 e. The van der Waals surface area contributed by atoms with Crippen LogP contribution in [0, 0.1) is 0 Å². The molecule has 2 aromatic carbocycles. The van der Waals surface area contributed by atoms with Crippen LogP contribution in [0.1, 0.15) is 57.6 Å². The smallest absolute Gasteiger partial charge is 0.306 e. The molecule has 0 atom stereocenters. The van der Waals surface area contributed by atoms with E-state index in [4.69, 9.17) is 42.1 Å². The zero-order chi connectivity index (χ0) is 25.9. The lowest BCUT2D eigenvalue weighted by atomic mass is 9.74. The highest BCUT2D eigenvalue weighted by atomic mass is 35.5. The Morgan fingerprint density at radius 3 is 2.58 bits per heavy atom. The van der Waals surface area contributed by atoms with Gasteiger partial charge in [-0.25, -0.2) is 0 Å². The van der Waals surface area contributed by atoms with Crippen LogP contribution in [0.15, 0.2) is 30.3 Å². The first-order chi connectivity index (χ1) is 17.1. The number of hydrogen-bond donors (Lipinski definition) is 0. The van der Waals surface area contributed by atoms with Crippen molar-refractivity contribution in [3.8, 4) is 17.2 Å². The average molecular weight is 536 g/mol. The second-order valence-electron chi connectivity index (χ2n) is 10.6. The molecule has 6 nitrogen and oxygen atoms in total. The Kier molecular flexibility index (Phi) is 8.28. The summed E-state index contributed by atoms with van der Waals surface area (Å²) in [6.45, 7) is 9.50. The van der Waals surface area contributed by atoms with Gasteiger partial charge < -0.3 is 23.8 Å². The summed E-state index contributed by atoms with van der Waals surface area (Å²) in [6, 6.07) is 9.57. The SMILES string of the molecule is COc1ccc(Cl)c(COc2ccc3c(c2)OCC32CCN(CCCC(=O)OC(C)(C)C)CC2)c1Cl. The summed E-state index contributed by atoms with van der Waals surface area (Å²) in [5.74, 6) is 2.03. The van der Waals surface area contributed by atoms with Gasteiger partial charge in [0.05, 0.1) is 18.7 Å². The van der Waals surface area contributed by atoms with Crippen LogP contribution in [0.25, 0.3) is 0 Å². The molecule has 0 N–H and O–H groups in total. The van der Waals surface area contributed by atoms with Gasteiger partial charge in [0.1, 0.15) is 29.5 Å². The number of rotatable bonds is 8. The molecule has 2 aliphatic heterocycles. The number of benzene rings is 2. The topological polar surface area (TPSA) is 57.2 Å². The first kappa shape index (κ1) is 26.9. The van der Waals surface area contributed by atoms with Gasteiger partial charge in [0, 0.05) is 34.1 Å². The van der Waals surface area contributed by atoms with Gasteiger partial charge in [-0.3, -0.25) is 4.79 Å². The first-order valence-electron chi connectivity index (χ1n) is 12.5. The number of ether oxygens (including phenoxy) is 4. The third kappa shape index (κ3) is 6.21. The van der Waals surface area contributed by atoms with Gasteiger partial charge in [0.2, 0.25) is 0 Å². The van der Waals surface area contributed by atoms with Crippen LogP contribution >= 0.6 is 23.2 Å². The normalized spacial score (nSPS) is 16.9. The monoisotopic (exact) mass is 535 g/mol. The van der Waals surface area contributed by atoms with Gasteiger partial charge >= 0.3 is 5.97 Å². The predicted molar refractivity (Wildman–Crippen MR) is 142 cm³/mol. The van der Waals surface area contributed by atoms with Gasteiger partial charge in [-0.05, 0) is 77.9 Å². The molecule has 1 fully saturated rings. The molecule has 1 spiro atoms. The van der Waals surface area contributed by atoms with E-state index in [0.717, 1.165) is 44.6 Å². The highest BCUT2D eigenvalue weighted by Gasteiger charge is 2.43. The summed E-state index contributed by atoms with van der Waals surface area (Å²) in [4.78, 5) is 14.4.